The molecule has 0 bridgehead atoms. The summed E-state index contributed by atoms with van der Waals surface area (Å²) in [5.41, 5.74) is 2.92. The molecule has 0 aliphatic carbocycles. The molecule has 47 heavy (non-hydrogen) atoms. The van der Waals surface area contributed by atoms with Crippen molar-refractivity contribution in [2.24, 2.45) is 0 Å². The van der Waals surface area contributed by atoms with Crippen LogP contribution in [0.4, 0.5) is 5.69 Å². The highest BCUT2D eigenvalue weighted by Crippen LogP contribution is 2.26. The average molecular weight is 653 g/mol. The molecule has 11 nitrogen and oxygen atoms in total. The van der Waals surface area contributed by atoms with Crippen LogP contribution in [0.15, 0.2) is 48.5 Å². The van der Waals surface area contributed by atoms with Crippen molar-refractivity contribution in [1.82, 2.24) is 5.32 Å². The van der Waals surface area contributed by atoms with Crippen molar-refractivity contribution in [3.05, 3.63) is 65.2 Å². The number of carbonyl (C=O) groups excluding carboxylic acids is 3. The van der Waals surface area contributed by atoms with E-state index in [1.807, 2.05) is 69.3 Å². The molecule has 1 aliphatic heterocycles. The van der Waals surface area contributed by atoms with Crippen LogP contribution >= 0.6 is 0 Å². The average Bonchev–Trinajstić information content (AvgIpc) is 3.03. The van der Waals surface area contributed by atoms with Crippen LogP contribution in [-0.4, -0.2) is 96.0 Å². The molecule has 256 valence electrons. The molecular formula is C36H48N2O9. The van der Waals surface area contributed by atoms with Crippen molar-refractivity contribution < 1.29 is 42.8 Å². The molecule has 2 amide bonds. The number of carbonyl (C=O) groups is 3. The highest BCUT2D eigenvalue weighted by atomic mass is 16.6. The number of hydrogen-bond acceptors (Lipinski definition) is 9. The fourth-order valence-electron chi connectivity index (χ4n) is 4.44. The van der Waals surface area contributed by atoms with Gasteiger partial charge in [0.2, 0.25) is 11.8 Å². The largest absolute Gasteiger partial charge is 0.460 e. The van der Waals surface area contributed by atoms with Crippen LogP contribution in [0.3, 0.4) is 0 Å². The summed E-state index contributed by atoms with van der Waals surface area (Å²) in [6, 6.07) is 15.4. The number of rotatable bonds is 21. The Morgan fingerprint density at radius 2 is 1.21 bits per heavy atom. The van der Waals surface area contributed by atoms with Gasteiger partial charge in [-0.25, -0.2) is 0 Å². The number of hydrogen-bond donors (Lipinski definition) is 1. The zero-order chi connectivity index (χ0) is 33.7. The van der Waals surface area contributed by atoms with E-state index < -0.39 is 5.60 Å². The Balaban J connectivity index is 1.14. The molecule has 11 heteroatoms. The second-order valence-corrected chi connectivity index (χ2v) is 11.7. The highest BCUT2D eigenvalue weighted by molar-refractivity contribution is 5.96. The Kier molecular flexibility index (Phi) is 17.0. The van der Waals surface area contributed by atoms with Crippen molar-refractivity contribution in [3.63, 3.8) is 0 Å². The fraction of sp³-hybridized carbons (Fsp3) is 0.528. The molecule has 0 aromatic heterocycles. The summed E-state index contributed by atoms with van der Waals surface area (Å²) in [7, 11) is 0. The summed E-state index contributed by atoms with van der Waals surface area (Å²) in [5.74, 6) is 5.78. The van der Waals surface area contributed by atoms with Gasteiger partial charge in [0.05, 0.1) is 84.7 Å². The monoisotopic (exact) mass is 652 g/mol. The first-order valence-electron chi connectivity index (χ1n) is 16.1. The number of benzene rings is 2. The summed E-state index contributed by atoms with van der Waals surface area (Å²) < 4.78 is 32.5. The Morgan fingerprint density at radius 3 is 1.85 bits per heavy atom. The molecule has 0 saturated carbocycles. The number of ether oxygens (including phenoxy) is 6. The number of esters is 1. The summed E-state index contributed by atoms with van der Waals surface area (Å²) in [5, 5.41) is 2.80. The molecule has 1 N–H and O–H groups in total. The van der Waals surface area contributed by atoms with E-state index in [-0.39, 0.29) is 37.0 Å². The molecule has 0 spiro atoms. The minimum atomic E-state index is -0.487. The van der Waals surface area contributed by atoms with Crippen molar-refractivity contribution in [1.29, 1.82) is 0 Å². The zero-order valence-corrected chi connectivity index (χ0v) is 27.8. The third kappa shape index (κ3) is 15.6. The third-order valence-corrected chi connectivity index (χ3v) is 6.67. The van der Waals surface area contributed by atoms with E-state index in [1.54, 1.807) is 4.90 Å². The molecule has 0 unspecified atom stereocenters. The third-order valence-electron chi connectivity index (χ3n) is 6.67. The molecule has 1 aliphatic rings. The SMILES string of the molecule is CC(C)(C)OC(=O)CCOCCOCCOCCOCCOCCNC(=O)CCC(=O)N1Cc2ccccc2C#Cc2ccccc21. The predicted octanol–water partition coefficient (Wildman–Crippen LogP) is 3.64. The van der Waals surface area contributed by atoms with Gasteiger partial charge in [0.15, 0.2) is 0 Å². The highest BCUT2D eigenvalue weighted by Gasteiger charge is 2.21. The quantitative estimate of drug-likeness (QED) is 0.122. The second-order valence-electron chi connectivity index (χ2n) is 11.7. The van der Waals surface area contributed by atoms with E-state index in [0.29, 0.717) is 79.2 Å². The number of nitrogens with one attached hydrogen (secondary N) is 1. The van der Waals surface area contributed by atoms with E-state index in [2.05, 4.69) is 17.2 Å². The Morgan fingerprint density at radius 1 is 0.681 bits per heavy atom. The lowest BCUT2D eigenvalue weighted by atomic mass is 10.0. The van der Waals surface area contributed by atoms with Gasteiger partial charge in [-0.05, 0) is 44.5 Å². The molecule has 2 aromatic rings. The normalized spacial score (nSPS) is 12.2. The Labute approximate surface area is 278 Å². The van der Waals surface area contributed by atoms with Gasteiger partial charge in [-0.1, -0.05) is 42.2 Å². The summed E-state index contributed by atoms with van der Waals surface area (Å²) in [6.07, 6.45) is 0.390. The standard InChI is InChI=1S/C36H48N2O9/c1-36(2,3)47-35(41)16-18-42-20-22-44-24-26-46-27-25-45-23-21-43-19-17-37-33(39)14-15-34(40)38-28-31-10-5-4-8-29(31)12-13-30-9-6-7-11-32(30)38/h4-11H,14-28H2,1-3H3,(H,37,39). The number of para-hydroxylation sites is 1. The van der Waals surface area contributed by atoms with Gasteiger partial charge in [-0.15, -0.1) is 0 Å². The van der Waals surface area contributed by atoms with Gasteiger partial charge in [-0.3, -0.25) is 14.4 Å². The summed E-state index contributed by atoms with van der Waals surface area (Å²) in [6.45, 7) is 10.3. The lowest BCUT2D eigenvalue weighted by Gasteiger charge is -2.26. The van der Waals surface area contributed by atoms with Crippen molar-refractivity contribution >= 4 is 23.5 Å². The van der Waals surface area contributed by atoms with Crippen LogP contribution in [-0.2, 0) is 49.3 Å². The molecule has 0 atom stereocenters. The minimum Gasteiger partial charge on any atom is -0.460 e. The second kappa shape index (κ2) is 21.2. The van der Waals surface area contributed by atoms with Gasteiger partial charge in [0.25, 0.3) is 0 Å². The summed E-state index contributed by atoms with van der Waals surface area (Å²) >= 11 is 0. The Bertz CT molecular complexity index is 1330. The van der Waals surface area contributed by atoms with Crippen molar-refractivity contribution in [3.8, 4) is 11.8 Å². The molecular weight excluding hydrogens is 604 g/mol. The van der Waals surface area contributed by atoms with Crippen LogP contribution in [0.5, 0.6) is 0 Å². The number of anilines is 1. The molecule has 2 aromatic carbocycles. The number of nitrogens with zero attached hydrogens (tertiary/aromatic N) is 1. The minimum absolute atomic E-state index is 0.0859. The van der Waals surface area contributed by atoms with Crippen LogP contribution < -0.4 is 10.2 Å². The maximum Gasteiger partial charge on any atom is 0.308 e. The van der Waals surface area contributed by atoms with Gasteiger partial charge < -0.3 is 38.6 Å². The van der Waals surface area contributed by atoms with Gasteiger partial charge >= 0.3 is 5.97 Å². The van der Waals surface area contributed by atoms with E-state index in [1.165, 1.54) is 0 Å². The summed E-state index contributed by atoms with van der Waals surface area (Å²) in [4.78, 5) is 38.9. The molecule has 1 heterocycles. The van der Waals surface area contributed by atoms with Gasteiger partial charge in [0, 0.05) is 30.5 Å². The first-order chi connectivity index (χ1) is 22.7. The molecule has 0 saturated heterocycles. The molecule has 0 fully saturated rings. The van der Waals surface area contributed by atoms with E-state index in [9.17, 15) is 14.4 Å². The van der Waals surface area contributed by atoms with Crippen molar-refractivity contribution in [2.75, 3.05) is 77.5 Å². The number of amides is 2. The lowest BCUT2D eigenvalue weighted by molar-refractivity contribution is -0.156. The zero-order valence-electron chi connectivity index (χ0n) is 27.8. The predicted molar refractivity (Wildman–Crippen MR) is 177 cm³/mol. The fourth-order valence-corrected chi connectivity index (χ4v) is 4.44. The molecule has 3 rings (SSSR count). The topological polar surface area (TPSA) is 122 Å². The first kappa shape index (κ1) is 37.7. The van der Waals surface area contributed by atoms with E-state index >= 15 is 0 Å². The maximum absolute atomic E-state index is 13.2. The van der Waals surface area contributed by atoms with Crippen LogP contribution in [0.25, 0.3) is 0 Å². The van der Waals surface area contributed by atoms with Crippen LogP contribution in [0.2, 0.25) is 0 Å². The Hall–Kier alpha value is -3.79. The van der Waals surface area contributed by atoms with Crippen molar-refractivity contribution in [2.45, 2.75) is 52.2 Å². The van der Waals surface area contributed by atoms with Gasteiger partial charge in [-0.2, -0.15) is 0 Å². The van der Waals surface area contributed by atoms with E-state index in [0.717, 1.165) is 22.4 Å². The maximum atomic E-state index is 13.2. The lowest BCUT2D eigenvalue weighted by Crippen LogP contribution is -2.34. The van der Waals surface area contributed by atoms with Crippen LogP contribution in [0, 0.1) is 11.8 Å². The van der Waals surface area contributed by atoms with Gasteiger partial charge in [0.1, 0.15) is 5.60 Å². The van der Waals surface area contributed by atoms with E-state index in [4.69, 9.17) is 28.4 Å². The molecule has 0 radical (unpaired) electrons. The van der Waals surface area contributed by atoms with Crippen LogP contribution in [0.1, 0.15) is 56.7 Å². The number of fused-ring (bicyclic) bond motifs is 2. The first-order valence-corrected chi connectivity index (χ1v) is 16.1. The smallest absolute Gasteiger partial charge is 0.308 e.